The summed E-state index contributed by atoms with van der Waals surface area (Å²) in [5.74, 6) is 0. The van der Waals surface area contributed by atoms with Crippen molar-refractivity contribution in [3.63, 3.8) is 0 Å². The molecule has 94 valence electrons. The highest BCUT2D eigenvalue weighted by Gasteiger charge is 2.49. The standard InChI is InChI=1S/C8H14O8/c9-15-3-13-5-1-11-8-6(14-4-16-10)2-12-7(5)8/h5-10H,1-4H2/t5-,6-,7-,8-/m1/s1. The Balaban J connectivity index is 1.80. The van der Waals surface area contributed by atoms with Crippen LogP contribution in [0.5, 0.6) is 0 Å². The van der Waals surface area contributed by atoms with Crippen molar-refractivity contribution in [3.05, 3.63) is 0 Å². The number of hydrogen-bond donors (Lipinski definition) is 2. The molecule has 0 aromatic carbocycles. The quantitative estimate of drug-likeness (QED) is 0.361. The number of ether oxygens (including phenoxy) is 4. The maximum absolute atomic E-state index is 8.16. The van der Waals surface area contributed by atoms with Gasteiger partial charge in [-0.15, -0.1) is 0 Å². The third kappa shape index (κ3) is 2.50. The van der Waals surface area contributed by atoms with Crippen molar-refractivity contribution in [1.82, 2.24) is 0 Å². The van der Waals surface area contributed by atoms with Crippen molar-refractivity contribution in [2.45, 2.75) is 24.4 Å². The van der Waals surface area contributed by atoms with Crippen LogP contribution in [0.1, 0.15) is 0 Å². The summed E-state index contributed by atoms with van der Waals surface area (Å²) in [5, 5.41) is 16.3. The van der Waals surface area contributed by atoms with E-state index in [9.17, 15) is 0 Å². The van der Waals surface area contributed by atoms with Gasteiger partial charge >= 0.3 is 0 Å². The molecule has 0 aromatic heterocycles. The number of fused-ring (bicyclic) bond motifs is 1. The summed E-state index contributed by atoms with van der Waals surface area (Å²) in [6.07, 6.45) is -1.08. The van der Waals surface area contributed by atoms with Gasteiger partial charge in [0.1, 0.15) is 24.4 Å². The minimum absolute atomic E-state index is 0.230. The number of rotatable bonds is 6. The van der Waals surface area contributed by atoms with Crippen LogP contribution in [0.4, 0.5) is 0 Å². The topological polar surface area (TPSA) is 95.8 Å². The molecule has 2 fully saturated rings. The summed E-state index contributed by atoms with van der Waals surface area (Å²) in [4.78, 5) is 7.65. The van der Waals surface area contributed by atoms with Crippen LogP contribution in [0.15, 0.2) is 0 Å². The van der Waals surface area contributed by atoms with Crippen LogP contribution in [0.2, 0.25) is 0 Å². The molecule has 0 unspecified atom stereocenters. The zero-order valence-electron chi connectivity index (χ0n) is 8.48. The monoisotopic (exact) mass is 238 g/mol. The molecule has 0 amide bonds. The first kappa shape index (κ1) is 12.1. The fourth-order valence-electron chi connectivity index (χ4n) is 1.95. The lowest BCUT2D eigenvalue weighted by molar-refractivity contribution is -0.308. The largest absolute Gasteiger partial charge is 0.370 e. The lowest BCUT2D eigenvalue weighted by atomic mass is 10.1. The molecular formula is C8H14O8. The summed E-state index contributed by atoms with van der Waals surface area (Å²) in [6, 6.07) is 0. The Kier molecular flexibility index (Phi) is 4.44. The van der Waals surface area contributed by atoms with Crippen LogP contribution in [-0.4, -0.2) is 61.7 Å². The molecule has 2 heterocycles. The Morgan fingerprint density at radius 3 is 1.69 bits per heavy atom. The predicted octanol–water partition coefficient (Wildman–Crippen LogP) is -0.551. The molecule has 8 nitrogen and oxygen atoms in total. The fourth-order valence-corrected chi connectivity index (χ4v) is 1.95. The molecule has 0 saturated carbocycles. The third-order valence-electron chi connectivity index (χ3n) is 2.63. The predicted molar refractivity (Wildman–Crippen MR) is 46.4 cm³/mol. The molecule has 0 spiro atoms. The van der Waals surface area contributed by atoms with E-state index in [2.05, 4.69) is 9.78 Å². The lowest BCUT2D eigenvalue weighted by Crippen LogP contribution is -2.34. The van der Waals surface area contributed by atoms with Crippen molar-refractivity contribution < 1.29 is 39.2 Å². The molecule has 0 bridgehead atoms. The van der Waals surface area contributed by atoms with Gasteiger partial charge in [0.2, 0.25) is 0 Å². The Morgan fingerprint density at radius 2 is 1.31 bits per heavy atom. The summed E-state index contributed by atoms with van der Waals surface area (Å²) < 4.78 is 21.2. The maximum Gasteiger partial charge on any atom is 0.181 e. The molecule has 2 N–H and O–H groups in total. The van der Waals surface area contributed by atoms with E-state index in [1.807, 2.05) is 0 Å². The smallest absolute Gasteiger partial charge is 0.181 e. The van der Waals surface area contributed by atoms with E-state index in [0.717, 1.165) is 0 Å². The van der Waals surface area contributed by atoms with Gasteiger partial charge in [-0.3, -0.25) is 0 Å². The Morgan fingerprint density at radius 1 is 0.875 bits per heavy atom. The van der Waals surface area contributed by atoms with Crippen LogP contribution in [0.25, 0.3) is 0 Å². The Hall–Kier alpha value is -0.320. The lowest BCUT2D eigenvalue weighted by Gasteiger charge is -2.16. The van der Waals surface area contributed by atoms with E-state index in [0.29, 0.717) is 13.2 Å². The average Bonchev–Trinajstić information content (AvgIpc) is 2.86. The van der Waals surface area contributed by atoms with Crippen LogP contribution in [0, 0.1) is 0 Å². The van der Waals surface area contributed by atoms with Gasteiger partial charge in [-0.05, 0) is 0 Å². The van der Waals surface area contributed by atoms with Gasteiger partial charge in [0.25, 0.3) is 0 Å². The average molecular weight is 238 g/mol. The van der Waals surface area contributed by atoms with Gasteiger partial charge in [0.05, 0.1) is 13.2 Å². The van der Waals surface area contributed by atoms with Crippen molar-refractivity contribution in [1.29, 1.82) is 0 Å². The van der Waals surface area contributed by atoms with Gasteiger partial charge < -0.3 is 18.9 Å². The second-order valence-electron chi connectivity index (χ2n) is 3.50. The molecule has 2 aliphatic rings. The third-order valence-corrected chi connectivity index (χ3v) is 2.63. The van der Waals surface area contributed by atoms with E-state index in [1.54, 1.807) is 0 Å². The van der Waals surface area contributed by atoms with Crippen molar-refractivity contribution in [2.75, 3.05) is 26.8 Å². The summed E-state index contributed by atoms with van der Waals surface area (Å²) >= 11 is 0. The maximum atomic E-state index is 8.16. The molecule has 2 aliphatic heterocycles. The minimum atomic E-state index is -0.291. The van der Waals surface area contributed by atoms with E-state index >= 15 is 0 Å². The molecule has 16 heavy (non-hydrogen) atoms. The molecule has 0 aromatic rings. The van der Waals surface area contributed by atoms with E-state index in [-0.39, 0.29) is 38.0 Å². The van der Waals surface area contributed by atoms with Gasteiger partial charge in [0, 0.05) is 0 Å². The van der Waals surface area contributed by atoms with Gasteiger partial charge in [-0.25, -0.2) is 20.3 Å². The first-order chi connectivity index (χ1) is 7.86. The molecule has 8 heteroatoms. The van der Waals surface area contributed by atoms with Crippen LogP contribution in [0.3, 0.4) is 0 Å². The van der Waals surface area contributed by atoms with E-state index < -0.39 is 0 Å². The second kappa shape index (κ2) is 5.84. The van der Waals surface area contributed by atoms with E-state index in [4.69, 9.17) is 29.5 Å². The highest BCUT2D eigenvalue weighted by Crippen LogP contribution is 2.30. The summed E-state index contributed by atoms with van der Waals surface area (Å²) in [6.45, 7) is 0.231. The van der Waals surface area contributed by atoms with Gasteiger partial charge in [-0.2, -0.15) is 0 Å². The molecular weight excluding hydrogens is 224 g/mol. The van der Waals surface area contributed by atoms with Crippen molar-refractivity contribution in [2.24, 2.45) is 0 Å². The van der Waals surface area contributed by atoms with E-state index in [1.165, 1.54) is 0 Å². The highest BCUT2D eigenvalue weighted by atomic mass is 17.1. The van der Waals surface area contributed by atoms with Crippen molar-refractivity contribution >= 4 is 0 Å². The SMILES string of the molecule is OOCO[C@@H]1CO[C@H]2[C@@H]1OC[C@H]2OCOO. The normalized spacial score (nSPS) is 37.9. The molecule has 2 saturated heterocycles. The van der Waals surface area contributed by atoms with Crippen LogP contribution >= 0.6 is 0 Å². The Bertz CT molecular complexity index is 190. The molecule has 2 rings (SSSR count). The first-order valence-electron chi connectivity index (χ1n) is 4.86. The summed E-state index contributed by atoms with van der Waals surface area (Å²) in [7, 11) is 0. The summed E-state index contributed by atoms with van der Waals surface area (Å²) in [5.41, 5.74) is 0. The van der Waals surface area contributed by atoms with Crippen LogP contribution in [-0.2, 0) is 28.7 Å². The molecule has 0 radical (unpaired) electrons. The Labute approximate surface area is 91.4 Å². The van der Waals surface area contributed by atoms with Gasteiger partial charge in [-0.1, -0.05) is 0 Å². The zero-order valence-corrected chi connectivity index (χ0v) is 8.48. The first-order valence-corrected chi connectivity index (χ1v) is 4.86. The van der Waals surface area contributed by atoms with Gasteiger partial charge in [0.15, 0.2) is 13.6 Å². The zero-order chi connectivity index (χ0) is 11.4. The second-order valence-corrected chi connectivity index (χ2v) is 3.50. The highest BCUT2D eigenvalue weighted by molar-refractivity contribution is 4.95. The molecule has 0 aliphatic carbocycles. The van der Waals surface area contributed by atoms with Crippen LogP contribution < -0.4 is 0 Å². The number of hydrogen-bond acceptors (Lipinski definition) is 8. The van der Waals surface area contributed by atoms with Crippen molar-refractivity contribution in [3.8, 4) is 0 Å². The minimum Gasteiger partial charge on any atom is -0.370 e. The fraction of sp³-hybridized carbons (Fsp3) is 1.00. The molecule has 4 atom stereocenters.